The number of Topliss-reactive ketones (excluding diaryl/α,β-unsaturated/α-hetero) is 1. The van der Waals surface area contributed by atoms with Crippen LogP contribution in [0.5, 0.6) is 0 Å². The second kappa shape index (κ2) is 8.41. The molecule has 2 rings (SSSR count). The summed E-state index contributed by atoms with van der Waals surface area (Å²) in [5.74, 6) is -0.0461. The van der Waals surface area contributed by atoms with Crippen molar-refractivity contribution in [2.75, 3.05) is 13.2 Å². The van der Waals surface area contributed by atoms with Gasteiger partial charge in [-0.2, -0.15) is 0 Å². The molecule has 1 aromatic carbocycles. The van der Waals surface area contributed by atoms with Gasteiger partial charge in [-0.25, -0.2) is 0 Å². The van der Waals surface area contributed by atoms with Gasteiger partial charge < -0.3 is 10.4 Å². The molecule has 0 atom stereocenters. The lowest BCUT2D eigenvalue weighted by atomic mass is 9.95. The van der Waals surface area contributed by atoms with E-state index in [0.29, 0.717) is 18.4 Å². The van der Waals surface area contributed by atoms with Crippen LogP contribution in [0.15, 0.2) is 36.4 Å². The second-order valence-corrected chi connectivity index (χ2v) is 8.10. The number of hydrogen-bond acceptors (Lipinski definition) is 4. The lowest BCUT2D eigenvalue weighted by molar-refractivity contribution is 0.0943. The molecule has 25 heavy (non-hydrogen) atoms. The van der Waals surface area contributed by atoms with Crippen LogP contribution in [0.1, 0.15) is 57.7 Å². The minimum absolute atomic E-state index is 0.0651. The van der Waals surface area contributed by atoms with Gasteiger partial charge in [0.05, 0.1) is 11.5 Å². The first-order valence-electron chi connectivity index (χ1n) is 8.43. The van der Waals surface area contributed by atoms with E-state index in [1.807, 2.05) is 24.3 Å². The van der Waals surface area contributed by atoms with Gasteiger partial charge in [0.15, 0.2) is 5.78 Å². The lowest BCUT2D eigenvalue weighted by Gasteiger charge is -2.15. The molecule has 1 aromatic heterocycles. The van der Waals surface area contributed by atoms with E-state index in [4.69, 9.17) is 5.11 Å². The topological polar surface area (TPSA) is 66.4 Å². The summed E-state index contributed by atoms with van der Waals surface area (Å²) in [5, 5.41) is 11.3. The lowest BCUT2D eigenvalue weighted by Crippen LogP contribution is -2.26. The number of aliphatic hydroxyl groups is 1. The molecule has 134 valence electrons. The summed E-state index contributed by atoms with van der Waals surface area (Å²) in [6.45, 7) is 6.60. The van der Waals surface area contributed by atoms with E-state index in [1.165, 1.54) is 4.88 Å². The highest BCUT2D eigenvalue weighted by molar-refractivity contribution is 7.14. The first-order valence-corrected chi connectivity index (χ1v) is 9.24. The number of rotatable bonds is 7. The fourth-order valence-corrected chi connectivity index (χ4v) is 3.40. The van der Waals surface area contributed by atoms with Crippen molar-refractivity contribution in [1.29, 1.82) is 0 Å². The number of nitrogens with one attached hydrogen (secondary N) is 1. The van der Waals surface area contributed by atoms with Crippen molar-refractivity contribution in [2.45, 2.75) is 39.0 Å². The Balaban J connectivity index is 1.91. The minimum atomic E-state index is -0.204. The van der Waals surface area contributed by atoms with E-state index in [2.05, 4.69) is 26.1 Å². The van der Waals surface area contributed by atoms with Gasteiger partial charge in [0.1, 0.15) is 0 Å². The molecule has 5 heteroatoms. The number of hydrogen-bond donors (Lipinski definition) is 2. The Morgan fingerprint density at radius 1 is 1.08 bits per heavy atom. The Bertz CT molecular complexity index is 726. The van der Waals surface area contributed by atoms with Crippen molar-refractivity contribution in [3.8, 4) is 0 Å². The van der Waals surface area contributed by atoms with Crippen LogP contribution in [-0.2, 0) is 11.8 Å². The van der Waals surface area contributed by atoms with Gasteiger partial charge in [-0.15, -0.1) is 11.3 Å². The van der Waals surface area contributed by atoms with Gasteiger partial charge in [0.2, 0.25) is 0 Å². The summed E-state index contributed by atoms with van der Waals surface area (Å²) in [6.07, 6.45) is 1.11. The van der Waals surface area contributed by atoms with E-state index in [9.17, 15) is 9.59 Å². The zero-order valence-electron chi connectivity index (χ0n) is 15.0. The quantitative estimate of drug-likeness (QED) is 0.743. The van der Waals surface area contributed by atoms with Crippen LogP contribution in [0.3, 0.4) is 0 Å². The van der Waals surface area contributed by atoms with Gasteiger partial charge in [0, 0.05) is 23.4 Å². The van der Waals surface area contributed by atoms with Crippen molar-refractivity contribution in [1.82, 2.24) is 5.32 Å². The molecule has 4 nitrogen and oxygen atoms in total. The van der Waals surface area contributed by atoms with E-state index in [0.717, 1.165) is 10.4 Å². The number of carbonyl (C=O) groups excluding carboxylic acids is 2. The summed E-state index contributed by atoms with van der Waals surface area (Å²) >= 11 is 1.57. The summed E-state index contributed by atoms with van der Waals surface area (Å²) in [6, 6.07) is 11.2. The molecular weight excluding hydrogens is 334 g/mol. The molecule has 1 heterocycles. The molecule has 2 aromatic rings. The third kappa shape index (κ3) is 5.51. The van der Waals surface area contributed by atoms with Crippen molar-refractivity contribution in [3.05, 3.63) is 57.3 Å². The largest absolute Gasteiger partial charge is 0.395 e. The number of carbonyl (C=O) groups is 2. The van der Waals surface area contributed by atoms with Crippen LogP contribution in [0.4, 0.5) is 0 Å². The molecule has 0 radical (unpaired) electrons. The van der Waals surface area contributed by atoms with E-state index in [-0.39, 0.29) is 30.3 Å². The smallest absolute Gasteiger partial charge is 0.251 e. The van der Waals surface area contributed by atoms with Gasteiger partial charge in [0.25, 0.3) is 5.91 Å². The molecule has 2 N–H and O–H groups in total. The fourth-order valence-electron chi connectivity index (χ4n) is 2.37. The van der Waals surface area contributed by atoms with Crippen LogP contribution >= 0.6 is 11.3 Å². The molecule has 1 amide bonds. The Kier molecular flexibility index (Phi) is 6.51. The molecule has 0 spiro atoms. The third-order valence-electron chi connectivity index (χ3n) is 3.87. The number of aryl methyl sites for hydroxylation is 1. The molecule has 0 aliphatic rings. The van der Waals surface area contributed by atoms with E-state index in [1.54, 1.807) is 23.5 Å². The van der Waals surface area contributed by atoms with Crippen molar-refractivity contribution >= 4 is 23.0 Å². The van der Waals surface area contributed by atoms with E-state index >= 15 is 0 Å². The molecule has 0 aliphatic heterocycles. The highest BCUT2D eigenvalue weighted by Crippen LogP contribution is 2.30. The minimum Gasteiger partial charge on any atom is -0.395 e. The molecular formula is C20H25NO3S. The monoisotopic (exact) mass is 359 g/mol. The van der Waals surface area contributed by atoms with Crippen molar-refractivity contribution < 1.29 is 14.7 Å². The normalized spacial score (nSPS) is 11.4. The zero-order chi connectivity index (χ0) is 18.4. The Morgan fingerprint density at radius 2 is 1.76 bits per heavy atom. The maximum atomic E-state index is 12.4. The average molecular weight is 359 g/mol. The highest BCUT2D eigenvalue weighted by Gasteiger charge is 2.18. The zero-order valence-corrected chi connectivity index (χ0v) is 15.8. The first-order chi connectivity index (χ1) is 11.8. The van der Waals surface area contributed by atoms with Crippen LogP contribution in [0.25, 0.3) is 0 Å². The summed E-state index contributed by atoms with van der Waals surface area (Å²) in [7, 11) is 0. The van der Waals surface area contributed by atoms with Gasteiger partial charge in [-0.1, -0.05) is 32.9 Å². The number of ketones is 1. The van der Waals surface area contributed by atoms with Gasteiger partial charge >= 0.3 is 0 Å². The molecule has 0 unspecified atom stereocenters. The first kappa shape index (κ1) is 19.3. The molecule has 0 aliphatic carbocycles. The summed E-state index contributed by atoms with van der Waals surface area (Å²) < 4.78 is 0. The summed E-state index contributed by atoms with van der Waals surface area (Å²) in [5.41, 5.74) is 1.64. The maximum Gasteiger partial charge on any atom is 0.251 e. The predicted molar refractivity (Wildman–Crippen MR) is 102 cm³/mol. The molecule has 0 saturated heterocycles. The fraction of sp³-hybridized carbons (Fsp3) is 0.400. The second-order valence-electron chi connectivity index (χ2n) is 7.01. The molecule has 0 saturated carbocycles. The van der Waals surface area contributed by atoms with Crippen LogP contribution in [-0.4, -0.2) is 29.9 Å². The number of aliphatic hydroxyl groups excluding tert-OH is 1. The standard InChI is InChI=1S/C20H25NO3S/c1-20(2,3)18-11-10-17(25-18)16(23)9-6-14-4-7-15(8-5-14)19(24)21-12-13-22/h4-5,7-8,10-11,22H,6,9,12-13H2,1-3H3,(H,21,24). The Morgan fingerprint density at radius 3 is 2.32 bits per heavy atom. The van der Waals surface area contributed by atoms with Gasteiger partial charge in [-0.3, -0.25) is 9.59 Å². The Labute approximate surface area is 152 Å². The average Bonchev–Trinajstić information content (AvgIpc) is 3.08. The van der Waals surface area contributed by atoms with Crippen molar-refractivity contribution in [2.24, 2.45) is 0 Å². The van der Waals surface area contributed by atoms with E-state index < -0.39 is 0 Å². The Hall–Kier alpha value is -1.98. The molecule has 0 fully saturated rings. The van der Waals surface area contributed by atoms with Gasteiger partial charge in [-0.05, 0) is 41.7 Å². The number of amides is 1. The summed E-state index contributed by atoms with van der Waals surface area (Å²) in [4.78, 5) is 26.2. The number of benzene rings is 1. The SMILES string of the molecule is CC(C)(C)c1ccc(C(=O)CCc2ccc(C(=O)NCCO)cc2)s1. The predicted octanol–water partition coefficient (Wildman–Crippen LogP) is 3.58. The third-order valence-corrected chi connectivity index (χ3v) is 5.43. The van der Waals surface area contributed by atoms with Crippen LogP contribution in [0.2, 0.25) is 0 Å². The maximum absolute atomic E-state index is 12.4. The molecule has 0 bridgehead atoms. The van der Waals surface area contributed by atoms with Crippen molar-refractivity contribution in [3.63, 3.8) is 0 Å². The number of thiophene rings is 1. The van der Waals surface area contributed by atoms with Crippen LogP contribution < -0.4 is 5.32 Å². The van der Waals surface area contributed by atoms with Crippen LogP contribution in [0, 0.1) is 0 Å². The highest BCUT2D eigenvalue weighted by atomic mass is 32.1.